The van der Waals surface area contributed by atoms with Crippen LogP contribution >= 0.6 is 0 Å². The van der Waals surface area contributed by atoms with Crippen LogP contribution in [0, 0.1) is 16.7 Å². The summed E-state index contributed by atoms with van der Waals surface area (Å²) >= 11 is 0. The third-order valence-corrected chi connectivity index (χ3v) is 2.64. The van der Waals surface area contributed by atoms with Crippen LogP contribution < -0.4 is 5.32 Å². The molecule has 0 fully saturated rings. The summed E-state index contributed by atoms with van der Waals surface area (Å²) in [5.41, 5.74) is 0.191. The summed E-state index contributed by atoms with van der Waals surface area (Å²) in [7, 11) is 1.73. The highest BCUT2D eigenvalue weighted by Gasteiger charge is 2.18. The van der Waals surface area contributed by atoms with Gasteiger partial charge in [0.2, 0.25) is 0 Å². The summed E-state index contributed by atoms with van der Waals surface area (Å²) < 4.78 is 5.13. The Kier molecular flexibility index (Phi) is 7.37. The van der Waals surface area contributed by atoms with Crippen LogP contribution in [0.5, 0.6) is 0 Å². The molecule has 0 radical (unpaired) electrons. The number of hydrogen-bond donors (Lipinski definition) is 1. The largest absolute Gasteiger partial charge is 0.383 e. The molecule has 88 valence electrons. The normalized spacial score (nSPS) is 13.5. The maximum Gasteiger partial charge on any atom is 0.0621 e. The summed E-state index contributed by atoms with van der Waals surface area (Å²) in [4.78, 5) is 0. The Balaban J connectivity index is 3.84. The van der Waals surface area contributed by atoms with Gasteiger partial charge in [-0.2, -0.15) is 5.26 Å². The number of nitrogens with zero attached hydrogens (tertiary/aromatic N) is 1. The first kappa shape index (κ1) is 14.4. The topological polar surface area (TPSA) is 45.0 Å². The predicted octanol–water partition coefficient (Wildman–Crippen LogP) is 2.33. The van der Waals surface area contributed by atoms with Crippen molar-refractivity contribution < 1.29 is 4.74 Å². The number of nitrogens with one attached hydrogen (secondary N) is 1. The highest BCUT2D eigenvalue weighted by atomic mass is 16.5. The summed E-state index contributed by atoms with van der Waals surface area (Å²) in [6.45, 7) is 8.23. The molecule has 0 heterocycles. The molecule has 0 aliphatic heterocycles. The van der Waals surface area contributed by atoms with Crippen molar-refractivity contribution in [1.82, 2.24) is 5.32 Å². The van der Waals surface area contributed by atoms with Gasteiger partial charge in [0.05, 0.1) is 12.7 Å². The molecule has 0 bridgehead atoms. The second-order valence-corrected chi connectivity index (χ2v) is 4.76. The van der Waals surface area contributed by atoms with E-state index in [2.05, 4.69) is 32.2 Å². The molecule has 1 N–H and O–H groups in total. The summed E-state index contributed by atoms with van der Waals surface area (Å²) in [6, 6.07) is 2.63. The standard InChI is InChI=1S/C12H24N2O/c1-5-11(9-15-4)14-10-12(2,3)7-6-8-13/h11,14H,5-7,9-10H2,1-4H3. The van der Waals surface area contributed by atoms with Gasteiger partial charge in [0.15, 0.2) is 0 Å². The van der Waals surface area contributed by atoms with E-state index in [1.807, 2.05) is 0 Å². The van der Waals surface area contributed by atoms with E-state index in [9.17, 15) is 0 Å². The molecule has 0 saturated heterocycles. The molecule has 0 saturated carbocycles. The number of ether oxygens (including phenoxy) is 1. The second-order valence-electron chi connectivity index (χ2n) is 4.76. The average molecular weight is 212 g/mol. The second kappa shape index (κ2) is 7.67. The fraction of sp³-hybridized carbons (Fsp3) is 0.917. The van der Waals surface area contributed by atoms with Crippen LogP contribution in [0.1, 0.15) is 40.0 Å². The minimum Gasteiger partial charge on any atom is -0.383 e. The fourth-order valence-corrected chi connectivity index (χ4v) is 1.43. The molecule has 0 spiro atoms. The molecule has 15 heavy (non-hydrogen) atoms. The molecular weight excluding hydrogens is 188 g/mol. The summed E-state index contributed by atoms with van der Waals surface area (Å²) in [5.74, 6) is 0. The third kappa shape index (κ3) is 7.35. The van der Waals surface area contributed by atoms with E-state index in [1.54, 1.807) is 7.11 Å². The maximum atomic E-state index is 8.55. The van der Waals surface area contributed by atoms with E-state index in [1.165, 1.54) is 0 Å². The average Bonchev–Trinajstić information content (AvgIpc) is 2.21. The van der Waals surface area contributed by atoms with Gasteiger partial charge in [-0.25, -0.2) is 0 Å². The van der Waals surface area contributed by atoms with Crippen molar-refractivity contribution in [2.24, 2.45) is 5.41 Å². The number of nitriles is 1. The zero-order chi connectivity index (χ0) is 11.7. The Morgan fingerprint density at radius 2 is 2.13 bits per heavy atom. The lowest BCUT2D eigenvalue weighted by atomic mass is 9.87. The monoisotopic (exact) mass is 212 g/mol. The zero-order valence-electron chi connectivity index (χ0n) is 10.5. The first-order chi connectivity index (χ1) is 7.05. The predicted molar refractivity (Wildman–Crippen MR) is 62.6 cm³/mol. The molecule has 0 amide bonds. The Morgan fingerprint density at radius 3 is 2.60 bits per heavy atom. The van der Waals surface area contributed by atoms with Crippen LogP contribution in [0.4, 0.5) is 0 Å². The van der Waals surface area contributed by atoms with Gasteiger partial charge in [-0.3, -0.25) is 0 Å². The van der Waals surface area contributed by atoms with Gasteiger partial charge in [-0.05, 0) is 18.3 Å². The minimum absolute atomic E-state index is 0.191. The minimum atomic E-state index is 0.191. The van der Waals surface area contributed by atoms with Gasteiger partial charge in [0.1, 0.15) is 0 Å². The SMILES string of the molecule is CCC(COC)NCC(C)(C)CCC#N. The number of methoxy groups -OCH3 is 1. The van der Waals surface area contributed by atoms with Gasteiger partial charge in [-0.15, -0.1) is 0 Å². The Hall–Kier alpha value is -0.590. The quantitative estimate of drug-likeness (QED) is 0.671. The van der Waals surface area contributed by atoms with Gasteiger partial charge >= 0.3 is 0 Å². The Labute approximate surface area is 93.8 Å². The fourth-order valence-electron chi connectivity index (χ4n) is 1.43. The van der Waals surface area contributed by atoms with Crippen LogP contribution in [-0.2, 0) is 4.74 Å². The lowest BCUT2D eigenvalue weighted by Gasteiger charge is -2.27. The molecule has 0 rings (SSSR count). The molecular formula is C12H24N2O. The van der Waals surface area contributed by atoms with Gasteiger partial charge in [0.25, 0.3) is 0 Å². The van der Waals surface area contributed by atoms with Crippen molar-refractivity contribution in [3.63, 3.8) is 0 Å². The van der Waals surface area contributed by atoms with E-state index in [-0.39, 0.29) is 5.41 Å². The lowest BCUT2D eigenvalue weighted by molar-refractivity contribution is 0.156. The Morgan fingerprint density at radius 1 is 1.47 bits per heavy atom. The summed E-state index contributed by atoms with van der Waals surface area (Å²) in [6.07, 6.45) is 2.65. The van der Waals surface area contributed by atoms with E-state index < -0.39 is 0 Å². The van der Waals surface area contributed by atoms with Crippen molar-refractivity contribution in [1.29, 1.82) is 5.26 Å². The molecule has 0 aromatic carbocycles. The van der Waals surface area contributed by atoms with Gasteiger partial charge in [0, 0.05) is 26.1 Å². The first-order valence-corrected chi connectivity index (χ1v) is 5.65. The molecule has 3 nitrogen and oxygen atoms in total. The number of hydrogen-bond acceptors (Lipinski definition) is 3. The van der Waals surface area contributed by atoms with E-state index in [0.717, 1.165) is 26.0 Å². The molecule has 3 heteroatoms. The van der Waals surface area contributed by atoms with Crippen molar-refractivity contribution in [2.45, 2.75) is 46.1 Å². The molecule has 0 aliphatic carbocycles. The molecule has 0 aromatic rings. The zero-order valence-corrected chi connectivity index (χ0v) is 10.5. The highest BCUT2D eigenvalue weighted by Crippen LogP contribution is 2.20. The van der Waals surface area contributed by atoms with Crippen LogP contribution in [0.25, 0.3) is 0 Å². The van der Waals surface area contributed by atoms with E-state index in [4.69, 9.17) is 10.00 Å². The smallest absolute Gasteiger partial charge is 0.0621 e. The van der Waals surface area contributed by atoms with Crippen molar-refractivity contribution in [2.75, 3.05) is 20.3 Å². The summed E-state index contributed by atoms with van der Waals surface area (Å²) in [5, 5.41) is 12.0. The van der Waals surface area contributed by atoms with E-state index in [0.29, 0.717) is 12.5 Å². The van der Waals surface area contributed by atoms with Gasteiger partial charge in [-0.1, -0.05) is 20.8 Å². The third-order valence-electron chi connectivity index (χ3n) is 2.64. The van der Waals surface area contributed by atoms with Gasteiger partial charge < -0.3 is 10.1 Å². The maximum absolute atomic E-state index is 8.55. The van der Waals surface area contributed by atoms with Crippen LogP contribution in [0.15, 0.2) is 0 Å². The first-order valence-electron chi connectivity index (χ1n) is 5.65. The van der Waals surface area contributed by atoms with Crippen molar-refractivity contribution in [3.8, 4) is 6.07 Å². The molecule has 1 unspecified atom stereocenters. The van der Waals surface area contributed by atoms with Crippen molar-refractivity contribution in [3.05, 3.63) is 0 Å². The van der Waals surface area contributed by atoms with Crippen LogP contribution in [0.3, 0.4) is 0 Å². The molecule has 0 aliphatic rings. The lowest BCUT2D eigenvalue weighted by Crippen LogP contribution is -2.39. The van der Waals surface area contributed by atoms with E-state index >= 15 is 0 Å². The Bertz CT molecular complexity index is 196. The van der Waals surface area contributed by atoms with Crippen molar-refractivity contribution >= 4 is 0 Å². The molecule has 1 atom stereocenters. The number of rotatable bonds is 8. The molecule has 0 aromatic heterocycles. The van der Waals surface area contributed by atoms with Crippen LogP contribution in [-0.4, -0.2) is 26.3 Å². The highest BCUT2D eigenvalue weighted by molar-refractivity contribution is 4.80. The van der Waals surface area contributed by atoms with Crippen LogP contribution in [0.2, 0.25) is 0 Å².